The minimum Gasteiger partial charge on any atom is -0.382 e. The van der Waals surface area contributed by atoms with Crippen molar-refractivity contribution in [1.82, 2.24) is 9.97 Å². The summed E-state index contributed by atoms with van der Waals surface area (Å²) in [6, 6.07) is 10.8. The number of anilines is 3. The molecule has 5 rings (SSSR count). The average molecular weight is 371 g/mol. The van der Waals surface area contributed by atoms with Gasteiger partial charge in [0, 0.05) is 18.2 Å². The fourth-order valence-electron chi connectivity index (χ4n) is 2.67. The molecule has 2 aliphatic carbocycles. The highest BCUT2D eigenvalue weighted by atomic mass is 32.1. The largest absolute Gasteiger partial charge is 0.382 e. The van der Waals surface area contributed by atoms with Gasteiger partial charge in [0.25, 0.3) is 0 Å². The summed E-state index contributed by atoms with van der Waals surface area (Å²) in [7, 11) is 0. The molecule has 0 atom stereocenters. The Labute approximate surface area is 155 Å². The third-order valence-corrected chi connectivity index (χ3v) is 5.52. The van der Waals surface area contributed by atoms with Gasteiger partial charge in [-0.3, -0.25) is 0 Å². The lowest BCUT2D eigenvalue weighted by Gasteiger charge is -2.25. The molecule has 0 amide bonds. The highest BCUT2D eigenvalue weighted by Crippen LogP contribution is 2.29. The first-order valence-corrected chi connectivity index (χ1v) is 9.79. The number of aromatic nitrogens is 2. The molecule has 0 aliphatic heterocycles. The molecule has 2 heterocycles. The second-order valence-corrected chi connectivity index (χ2v) is 7.79. The number of rotatable bonds is 4. The summed E-state index contributed by atoms with van der Waals surface area (Å²) in [5, 5.41) is 7.65. The molecule has 5 nitrogen and oxygen atoms in total. The molecular weight excluding hydrogens is 349 g/mol. The van der Waals surface area contributed by atoms with Crippen LogP contribution in [0.2, 0.25) is 0 Å². The van der Waals surface area contributed by atoms with Gasteiger partial charge in [-0.15, -0.1) is 0 Å². The van der Waals surface area contributed by atoms with Gasteiger partial charge in [0.1, 0.15) is 11.6 Å². The van der Waals surface area contributed by atoms with Crippen LogP contribution in [0.1, 0.15) is 32.1 Å². The number of fused-ring (bicyclic) bond motifs is 1. The first kappa shape index (κ1) is 17.0. The van der Waals surface area contributed by atoms with Crippen molar-refractivity contribution < 1.29 is 4.39 Å². The standard InChI is InChI=1S/C11H12N2S.C8H10FN3/c1-2-7-10-9(6-1)13-11(14-10)12-8-4-3-5-8;9-5-3-7(8(10)11-4-5)12-6-1-2-6/h1-2,6-8H,3-5H2,(H,12,13);3-4,6,12H,1-2H2,(H2,10,11). The van der Waals surface area contributed by atoms with Crippen molar-refractivity contribution in [2.24, 2.45) is 0 Å². The Morgan fingerprint density at radius 1 is 1.08 bits per heavy atom. The lowest BCUT2D eigenvalue weighted by atomic mass is 9.93. The summed E-state index contributed by atoms with van der Waals surface area (Å²) in [5.41, 5.74) is 7.24. The number of thiazole rings is 1. The second kappa shape index (κ2) is 7.45. The topological polar surface area (TPSA) is 75.9 Å². The van der Waals surface area contributed by atoms with Gasteiger partial charge in [0.15, 0.2) is 5.13 Å². The third-order valence-electron chi connectivity index (χ3n) is 4.55. The van der Waals surface area contributed by atoms with Crippen LogP contribution < -0.4 is 16.4 Å². The minimum atomic E-state index is -0.354. The SMILES string of the molecule is Nc1ncc(F)cc1NC1CC1.c1ccc2sc(NC3CCC3)nc2c1. The van der Waals surface area contributed by atoms with Crippen molar-refractivity contribution in [3.05, 3.63) is 42.3 Å². The zero-order chi connectivity index (χ0) is 17.9. The van der Waals surface area contributed by atoms with Gasteiger partial charge in [0.05, 0.1) is 22.1 Å². The van der Waals surface area contributed by atoms with Crippen LogP contribution in [0.3, 0.4) is 0 Å². The first-order chi connectivity index (χ1) is 12.7. The van der Waals surface area contributed by atoms with E-state index in [2.05, 4.69) is 38.8 Å². The fraction of sp³-hybridized carbons (Fsp3) is 0.368. The first-order valence-electron chi connectivity index (χ1n) is 8.97. The van der Waals surface area contributed by atoms with Crippen LogP contribution in [0.25, 0.3) is 10.2 Å². The van der Waals surface area contributed by atoms with E-state index in [0.29, 0.717) is 23.6 Å². The number of hydrogen-bond donors (Lipinski definition) is 3. The van der Waals surface area contributed by atoms with Gasteiger partial charge in [-0.05, 0) is 44.2 Å². The summed E-state index contributed by atoms with van der Waals surface area (Å²) in [5.74, 6) is 0.00986. The van der Waals surface area contributed by atoms with E-state index in [1.807, 2.05) is 6.07 Å². The van der Waals surface area contributed by atoms with E-state index in [0.717, 1.165) is 29.7 Å². The van der Waals surface area contributed by atoms with Crippen LogP contribution >= 0.6 is 11.3 Å². The van der Waals surface area contributed by atoms with E-state index in [1.54, 1.807) is 11.3 Å². The molecule has 0 radical (unpaired) electrons. The maximum Gasteiger partial charge on any atom is 0.184 e. The Bertz CT molecular complexity index is 856. The summed E-state index contributed by atoms with van der Waals surface area (Å²) in [6.07, 6.45) is 7.35. The molecule has 26 heavy (non-hydrogen) atoms. The maximum atomic E-state index is 12.7. The van der Waals surface area contributed by atoms with Gasteiger partial charge in [-0.25, -0.2) is 14.4 Å². The van der Waals surface area contributed by atoms with E-state index in [4.69, 9.17) is 5.73 Å². The molecule has 2 saturated carbocycles. The molecular formula is C19H22FN5S. The number of benzene rings is 1. The van der Waals surface area contributed by atoms with Crippen LogP contribution in [0.5, 0.6) is 0 Å². The minimum absolute atomic E-state index is 0.354. The Morgan fingerprint density at radius 2 is 1.85 bits per heavy atom. The average Bonchev–Trinajstić information content (AvgIpc) is 3.31. The second-order valence-electron chi connectivity index (χ2n) is 6.76. The Kier molecular flexibility index (Phi) is 4.88. The Morgan fingerprint density at radius 3 is 2.54 bits per heavy atom. The molecule has 4 N–H and O–H groups in total. The highest BCUT2D eigenvalue weighted by Gasteiger charge is 2.22. The van der Waals surface area contributed by atoms with Crippen molar-refractivity contribution in [3.8, 4) is 0 Å². The quantitative estimate of drug-likeness (QED) is 0.623. The summed E-state index contributed by atoms with van der Waals surface area (Å²) < 4.78 is 13.9. The fourth-order valence-corrected chi connectivity index (χ4v) is 3.62. The molecule has 2 fully saturated rings. The van der Waals surface area contributed by atoms with Crippen molar-refractivity contribution >= 4 is 38.2 Å². The number of halogens is 1. The van der Waals surface area contributed by atoms with E-state index in [1.165, 1.54) is 30.0 Å². The van der Waals surface area contributed by atoms with Crippen LogP contribution in [0.4, 0.5) is 21.0 Å². The zero-order valence-corrected chi connectivity index (χ0v) is 15.2. The zero-order valence-electron chi connectivity index (χ0n) is 14.4. The number of nitrogen functional groups attached to an aromatic ring is 1. The summed E-state index contributed by atoms with van der Waals surface area (Å²) >= 11 is 1.75. The Hall–Kier alpha value is -2.41. The molecule has 136 valence electrons. The van der Waals surface area contributed by atoms with E-state index in [-0.39, 0.29) is 5.82 Å². The van der Waals surface area contributed by atoms with Gasteiger partial charge >= 0.3 is 0 Å². The van der Waals surface area contributed by atoms with Gasteiger partial charge in [0.2, 0.25) is 0 Å². The number of nitrogens with one attached hydrogen (secondary N) is 2. The van der Waals surface area contributed by atoms with Gasteiger partial charge in [-0.2, -0.15) is 0 Å². The summed E-state index contributed by atoms with van der Waals surface area (Å²) in [4.78, 5) is 8.24. The van der Waals surface area contributed by atoms with Crippen LogP contribution in [-0.2, 0) is 0 Å². The highest BCUT2D eigenvalue weighted by molar-refractivity contribution is 7.22. The molecule has 0 spiro atoms. The molecule has 2 aliphatic rings. The maximum absolute atomic E-state index is 12.7. The molecule has 0 saturated heterocycles. The van der Waals surface area contributed by atoms with Gasteiger partial charge in [-0.1, -0.05) is 23.5 Å². The van der Waals surface area contributed by atoms with Crippen molar-refractivity contribution in [3.63, 3.8) is 0 Å². The number of nitrogens with two attached hydrogens (primary N) is 1. The summed E-state index contributed by atoms with van der Waals surface area (Å²) in [6.45, 7) is 0. The molecule has 2 aromatic heterocycles. The predicted molar refractivity (Wildman–Crippen MR) is 106 cm³/mol. The number of para-hydroxylation sites is 1. The third kappa shape index (κ3) is 4.22. The molecule has 3 aromatic rings. The monoisotopic (exact) mass is 371 g/mol. The number of hydrogen-bond acceptors (Lipinski definition) is 6. The molecule has 0 bridgehead atoms. The van der Waals surface area contributed by atoms with Crippen LogP contribution in [0.15, 0.2) is 36.5 Å². The van der Waals surface area contributed by atoms with Gasteiger partial charge < -0.3 is 16.4 Å². The number of nitrogens with zero attached hydrogens (tertiary/aromatic N) is 2. The smallest absolute Gasteiger partial charge is 0.184 e. The molecule has 0 unspecified atom stereocenters. The molecule has 1 aromatic carbocycles. The lowest BCUT2D eigenvalue weighted by molar-refractivity contribution is 0.445. The molecule has 7 heteroatoms. The van der Waals surface area contributed by atoms with E-state index in [9.17, 15) is 4.39 Å². The van der Waals surface area contributed by atoms with Crippen LogP contribution in [-0.4, -0.2) is 22.1 Å². The normalized spacial score (nSPS) is 16.5. The predicted octanol–water partition coefficient (Wildman–Crippen LogP) is 4.64. The van der Waals surface area contributed by atoms with Crippen molar-refractivity contribution in [2.45, 2.75) is 44.2 Å². The lowest BCUT2D eigenvalue weighted by Crippen LogP contribution is -2.26. The van der Waals surface area contributed by atoms with Crippen molar-refractivity contribution in [2.75, 3.05) is 16.4 Å². The Balaban J connectivity index is 0.000000131. The van der Waals surface area contributed by atoms with Crippen molar-refractivity contribution in [1.29, 1.82) is 0 Å². The van der Waals surface area contributed by atoms with E-state index < -0.39 is 0 Å². The van der Waals surface area contributed by atoms with Crippen LogP contribution in [0, 0.1) is 5.82 Å². The number of pyridine rings is 1. The van der Waals surface area contributed by atoms with E-state index >= 15 is 0 Å².